The molecule has 0 bridgehead atoms. The standard InChI is InChI=1S/C7H13N5O2S/c8-3(1-5(10)14)6-11-12-7(15-6)4(9)2-13/h3-4,13H,1-2,8-9H2,(H2,10,14)/t3-,4?/m0/s1. The van der Waals surface area contributed by atoms with E-state index in [0.29, 0.717) is 10.0 Å². The van der Waals surface area contributed by atoms with E-state index in [2.05, 4.69) is 10.2 Å². The minimum absolute atomic E-state index is 0.0169. The van der Waals surface area contributed by atoms with Gasteiger partial charge in [-0.05, 0) is 0 Å². The van der Waals surface area contributed by atoms with Gasteiger partial charge in [0.25, 0.3) is 0 Å². The number of amides is 1. The normalized spacial score (nSPS) is 14.9. The van der Waals surface area contributed by atoms with Crippen molar-refractivity contribution in [3.63, 3.8) is 0 Å². The molecule has 0 spiro atoms. The van der Waals surface area contributed by atoms with Gasteiger partial charge in [0.1, 0.15) is 10.0 Å². The maximum atomic E-state index is 10.6. The van der Waals surface area contributed by atoms with Gasteiger partial charge in [-0.1, -0.05) is 11.3 Å². The van der Waals surface area contributed by atoms with Crippen LogP contribution in [-0.2, 0) is 4.79 Å². The van der Waals surface area contributed by atoms with Crippen molar-refractivity contribution >= 4 is 17.2 Å². The Bertz CT molecular complexity index is 342. The molecule has 2 atom stereocenters. The molecule has 0 fully saturated rings. The predicted molar refractivity (Wildman–Crippen MR) is 54.7 cm³/mol. The van der Waals surface area contributed by atoms with Gasteiger partial charge in [0.2, 0.25) is 5.91 Å². The van der Waals surface area contributed by atoms with E-state index in [1.54, 1.807) is 0 Å². The second kappa shape index (κ2) is 5.12. The lowest BCUT2D eigenvalue weighted by Gasteiger charge is -2.03. The number of aliphatic hydroxyl groups is 1. The first kappa shape index (κ1) is 12.0. The minimum atomic E-state index is -0.558. The third-order valence-electron chi connectivity index (χ3n) is 1.71. The van der Waals surface area contributed by atoms with E-state index in [0.717, 1.165) is 0 Å². The topological polar surface area (TPSA) is 141 Å². The fraction of sp³-hybridized carbons (Fsp3) is 0.571. The molecule has 0 aromatic carbocycles. The number of aromatic nitrogens is 2. The summed E-state index contributed by atoms with van der Waals surface area (Å²) in [4.78, 5) is 10.6. The van der Waals surface area contributed by atoms with E-state index < -0.39 is 18.0 Å². The third-order valence-corrected chi connectivity index (χ3v) is 2.90. The number of nitrogens with zero attached hydrogens (tertiary/aromatic N) is 2. The molecular weight excluding hydrogens is 218 g/mol. The molecule has 84 valence electrons. The smallest absolute Gasteiger partial charge is 0.219 e. The number of rotatable bonds is 5. The summed E-state index contributed by atoms with van der Waals surface area (Å²) in [5.41, 5.74) is 16.2. The fourth-order valence-electron chi connectivity index (χ4n) is 0.928. The zero-order valence-corrected chi connectivity index (χ0v) is 8.78. The molecule has 1 aromatic rings. The maximum Gasteiger partial charge on any atom is 0.219 e. The number of carbonyl (C=O) groups is 1. The molecule has 1 rings (SSSR count). The van der Waals surface area contributed by atoms with Gasteiger partial charge in [0.15, 0.2) is 0 Å². The lowest BCUT2D eigenvalue weighted by atomic mass is 10.2. The SMILES string of the molecule is NC(=O)C[C@H](N)c1nnc(C(N)CO)s1. The monoisotopic (exact) mass is 231 g/mol. The summed E-state index contributed by atoms with van der Waals surface area (Å²) in [6.07, 6.45) is 0.0169. The second-order valence-corrected chi connectivity index (χ2v) is 4.09. The Morgan fingerprint density at radius 1 is 1.33 bits per heavy atom. The van der Waals surface area contributed by atoms with Crippen molar-refractivity contribution in [2.24, 2.45) is 17.2 Å². The van der Waals surface area contributed by atoms with Crippen molar-refractivity contribution in [1.29, 1.82) is 0 Å². The quantitative estimate of drug-likeness (QED) is 0.481. The molecule has 1 unspecified atom stereocenters. The van der Waals surface area contributed by atoms with Gasteiger partial charge in [-0.3, -0.25) is 4.79 Å². The lowest BCUT2D eigenvalue weighted by molar-refractivity contribution is -0.118. The van der Waals surface area contributed by atoms with Crippen molar-refractivity contribution in [3.8, 4) is 0 Å². The number of nitrogens with two attached hydrogens (primary N) is 3. The third kappa shape index (κ3) is 3.20. The van der Waals surface area contributed by atoms with Crippen molar-refractivity contribution in [1.82, 2.24) is 10.2 Å². The van der Waals surface area contributed by atoms with Crippen molar-refractivity contribution in [2.45, 2.75) is 18.5 Å². The predicted octanol–water partition coefficient (Wildman–Crippen LogP) is -1.59. The maximum absolute atomic E-state index is 10.6. The zero-order chi connectivity index (χ0) is 11.4. The Balaban J connectivity index is 2.70. The number of hydrogen-bond donors (Lipinski definition) is 4. The largest absolute Gasteiger partial charge is 0.394 e. The molecule has 0 saturated heterocycles. The van der Waals surface area contributed by atoms with E-state index in [9.17, 15) is 4.79 Å². The van der Waals surface area contributed by atoms with Crippen molar-refractivity contribution in [2.75, 3.05) is 6.61 Å². The first-order chi connectivity index (χ1) is 7.04. The number of carbonyl (C=O) groups excluding carboxylic acids is 1. The van der Waals surface area contributed by atoms with E-state index in [1.165, 1.54) is 11.3 Å². The van der Waals surface area contributed by atoms with Crippen molar-refractivity contribution < 1.29 is 9.90 Å². The molecule has 0 aliphatic heterocycles. The minimum Gasteiger partial charge on any atom is -0.394 e. The van der Waals surface area contributed by atoms with Crippen LogP contribution in [0.2, 0.25) is 0 Å². The highest BCUT2D eigenvalue weighted by molar-refractivity contribution is 7.11. The molecule has 0 aliphatic carbocycles. The second-order valence-electron chi connectivity index (χ2n) is 3.04. The number of hydrogen-bond acceptors (Lipinski definition) is 7. The van der Waals surface area contributed by atoms with Crippen LogP contribution in [0.15, 0.2) is 0 Å². The molecule has 0 aliphatic rings. The molecule has 0 radical (unpaired) electrons. The van der Waals surface area contributed by atoms with E-state index >= 15 is 0 Å². The molecule has 1 aromatic heterocycles. The summed E-state index contributed by atoms with van der Waals surface area (Å²) in [5.74, 6) is -0.495. The summed E-state index contributed by atoms with van der Waals surface area (Å²) in [7, 11) is 0. The van der Waals surface area contributed by atoms with Gasteiger partial charge < -0.3 is 22.3 Å². The summed E-state index contributed by atoms with van der Waals surface area (Å²) in [6, 6.07) is -1.11. The summed E-state index contributed by atoms with van der Waals surface area (Å²) < 4.78 is 0. The highest BCUT2D eigenvalue weighted by Gasteiger charge is 2.17. The van der Waals surface area contributed by atoms with Crippen LogP contribution in [0.25, 0.3) is 0 Å². The Kier molecular flexibility index (Phi) is 4.09. The van der Waals surface area contributed by atoms with E-state index in [1.807, 2.05) is 0 Å². The average Bonchev–Trinajstić information content (AvgIpc) is 2.64. The highest BCUT2D eigenvalue weighted by atomic mass is 32.1. The average molecular weight is 231 g/mol. The fourth-order valence-corrected chi connectivity index (χ4v) is 1.77. The Labute approximate surface area is 90.3 Å². The van der Waals surface area contributed by atoms with Gasteiger partial charge in [0.05, 0.1) is 18.7 Å². The summed E-state index contributed by atoms with van der Waals surface area (Å²) >= 11 is 1.18. The molecule has 7 nitrogen and oxygen atoms in total. The molecule has 15 heavy (non-hydrogen) atoms. The van der Waals surface area contributed by atoms with Gasteiger partial charge in [-0.15, -0.1) is 10.2 Å². The van der Waals surface area contributed by atoms with Crippen LogP contribution < -0.4 is 17.2 Å². The first-order valence-electron chi connectivity index (χ1n) is 4.28. The Morgan fingerprint density at radius 2 is 1.87 bits per heavy atom. The van der Waals surface area contributed by atoms with Crippen molar-refractivity contribution in [3.05, 3.63) is 10.0 Å². The van der Waals surface area contributed by atoms with Gasteiger partial charge in [0, 0.05) is 6.42 Å². The van der Waals surface area contributed by atoms with Crippen LogP contribution in [0, 0.1) is 0 Å². The molecule has 7 N–H and O–H groups in total. The molecular formula is C7H13N5O2S. The van der Waals surface area contributed by atoms with Gasteiger partial charge in [-0.25, -0.2) is 0 Å². The molecule has 1 amide bonds. The summed E-state index contributed by atoms with van der Waals surface area (Å²) in [5, 5.41) is 17.3. The van der Waals surface area contributed by atoms with Crippen LogP contribution in [0.1, 0.15) is 28.5 Å². The Hall–Kier alpha value is -1.09. The van der Waals surface area contributed by atoms with Crippen LogP contribution in [0.5, 0.6) is 0 Å². The van der Waals surface area contributed by atoms with Crippen LogP contribution in [0.4, 0.5) is 0 Å². The highest BCUT2D eigenvalue weighted by Crippen LogP contribution is 2.21. The molecule has 8 heteroatoms. The van der Waals surface area contributed by atoms with Crippen LogP contribution in [-0.4, -0.2) is 27.8 Å². The molecule has 0 saturated carbocycles. The number of aliphatic hydroxyl groups excluding tert-OH is 1. The summed E-state index contributed by atoms with van der Waals surface area (Å²) in [6.45, 7) is -0.209. The van der Waals surface area contributed by atoms with Crippen LogP contribution in [0.3, 0.4) is 0 Å². The first-order valence-corrected chi connectivity index (χ1v) is 5.10. The van der Waals surface area contributed by atoms with E-state index in [-0.39, 0.29) is 13.0 Å². The van der Waals surface area contributed by atoms with Gasteiger partial charge in [-0.2, -0.15) is 0 Å². The molecule has 1 heterocycles. The number of primary amides is 1. The lowest BCUT2D eigenvalue weighted by Crippen LogP contribution is -2.20. The zero-order valence-electron chi connectivity index (χ0n) is 7.96. The Morgan fingerprint density at radius 3 is 2.33 bits per heavy atom. The van der Waals surface area contributed by atoms with E-state index in [4.69, 9.17) is 22.3 Å². The van der Waals surface area contributed by atoms with Crippen LogP contribution >= 0.6 is 11.3 Å². The van der Waals surface area contributed by atoms with Gasteiger partial charge >= 0.3 is 0 Å².